The van der Waals surface area contributed by atoms with Gasteiger partial charge in [-0.15, -0.1) is 0 Å². The third kappa shape index (κ3) is 1.49. The van der Waals surface area contributed by atoms with Crippen molar-refractivity contribution in [2.45, 2.75) is 20.0 Å². The summed E-state index contributed by atoms with van der Waals surface area (Å²) in [6.07, 6.45) is 1.41. The average molecular weight is 187 g/mol. The maximum absolute atomic E-state index is 9.59. The zero-order chi connectivity index (χ0) is 10.1. The van der Waals surface area contributed by atoms with E-state index in [0.29, 0.717) is 0 Å². The number of hydrogen-bond donors (Lipinski definition) is 1. The molecule has 0 spiro atoms. The van der Waals surface area contributed by atoms with Gasteiger partial charge in [-0.1, -0.05) is 18.2 Å². The lowest BCUT2D eigenvalue weighted by Crippen LogP contribution is -1.93. The molecule has 0 saturated heterocycles. The zero-order valence-electron chi connectivity index (χ0n) is 8.36. The van der Waals surface area contributed by atoms with Crippen molar-refractivity contribution in [2.24, 2.45) is 0 Å². The van der Waals surface area contributed by atoms with Crippen LogP contribution in [0.3, 0.4) is 0 Å². The minimum Gasteiger partial charge on any atom is -0.389 e. The second-order valence-corrected chi connectivity index (χ2v) is 3.57. The molecule has 0 bridgehead atoms. The minimum absolute atomic E-state index is 0.430. The molecular weight excluding hydrogens is 174 g/mol. The predicted octanol–water partition coefficient (Wildman–Crippen LogP) is 2.60. The van der Waals surface area contributed by atoms with E-state index in [0.717, 1.165) is 22.0 Å². The Morgan fingerprint density at radius 2 is 2.14 bits per heavy atom. The molecule has 1 N–H and O–H groups in total. The first kappa shape index (κ1) is 9.16. The first-order chi connectivity index (χ1) is 6.68. The van der Waals surface area contributed by atoms with Crippen molar-refractivity contribution in [1.29, 1.82) is 0 Å². The summed E-state index contributed by atoms with van der Waals surface area (Å²) < 4.78 is 0. The lowest BCUT2D eigenvalue weighted by Gasteiger charge is -2.09. The van der Waals surface area contributed by atoms with Gasteiger partial charge in [0, 0.05) is 17.3 Å². The molecule has 1 aromatic heterocycles. The van der Waals surface area contributed by atoms with E-state index in [4.69, 9.17) is 0 Å². The third-order valence-electron chi connectivity index (χ3n) is 2.38. The van der Waals surface area contributed by atoms with Gasteiger partial charge in [0.25, 0.3) is 0 Å². The van der Waals surface area contributed by atoms with Crippen molar-refractivity contribution < 1.29 is 5.11 Å². The highest BCUT2D eigenvalue weighted by Crippen LogP contribution is 2.23. The largest absolute Gasteiger partial charge is 0.389 e. The monoisotopic (exact) mass is 187 g/mol. The van der Waals surface area contributed by atoms with Gasteiger partial charge in [0.05, 0.1) is 6.10 Å². The number of rotatable bonds is 1. The molecule has 2 heteroatoms. The summed E-state index contributed by atoms with van der Waals surface area (Å²) >= 11 is 0. The standard InChI is InChI=1S/C12H13NO/c1-8-6-12-10(7-13-8)4-3-5-11(12)9(2)14/h3-7,9,14H,1-2H3. The van der Waals surface area contributed by atoms with E-state index in [9.17, 15) is 5.11 Å². The highest BCUT2D eigenvalue weighted by Gasteiger charge is 2.05. The molecule has 1 heterocycles. The molecule has 0 radical (unpaired) electrons. The third-order valence-corrected chi connectivity index (χ3v) is 2.38. The van der Waals surface area contributed by atoms with E-state index in [1.807, 2.05) is 37.4 Å². The molecule has 0 amide bonds. The second kappa shape index (κ2) is 3.39. The van der Waals surface area contributed by atoms with Gasteiger partial charge in [0.2, 0.25) is 0 Å². The van der Waals surface area contributed by atoms with Gasteiger partial charge >= 0.3 is 0 Å². The molecule has 0 aliphatic carbocycles. The highest BCUT2D eigenvalue weighted by atomic mass is 16.3. The number of pyridine rings is 1. The minimum atomic E-state index is -0.430. The Kier molecular flexibility index (Phi) is 2.22. The Hall–Kier alpha value is -1.41. The predicted molar refractivity (Wildman–Crippen MR) is 57.1 cm³/mol. The maximum Gasteiger partial charge on any atom is 0.0767 e. The van der Waals surface area contributed by atoms with E-state index in [1.54, 1.807) is 6.92 Å². The van der Waals surface area contributed by atoms with Gasteiger partial charge in [-0.2, -0.15) is 0 Å². The summed E-state index contributed by atoms with van der Waals surface area (Å²) in [5.41, 5.74) is 1.94. The lowest BCUT2D eigenvalue weighted by atomic mass is 10.0. The molecule has 2 rings (SSSR count). The van der Waals surface area contributed by atoms with E-state index >= 15 is 0 Å². The molecule has 0 aliphatic heterocycles. The van der Waals surface area contributed by atoms with Crippen LogP contribution >= 0.6 is 0 Å². The number of hydrogen-bond acceptors (Lipinski definition) is 2. The van der Waals surface area contributed by atoms with E-state index in [2.05, 4.69) is 4.98 Å². The molecule has 0 fully saturated rings. The Morgan fingerprint density at radius 3 is 2.86 bits per heavy atom. The number of aryl methyl sites for hydroxylation is 1. The summed E-state index contributed by atoms with van der Waals surface area (Å²) in [6, 6.07) is 7.92. The van der Waals surface area contributed by atoms with Gasteiger partial charge < -0.3 is 5.11 Å². The molecule has 1 unspecified atom stereocenters. The number of aliphatic hydroxyl groups excluding tert-OH is 1. The molecule has 2 nitrogen and oxygen atoms in total. The summed E-state index contributed by atoms with van der Waals surface area (Å²) in [6.45, 7) is 3.74. The summed E-state index contributed by atoms with van der Waals surface area (Å²) in [5, 5.41) is 11.8. The van der Waals surface area contributed by atoms with Crippen molar-refractivity contribution in [2.75, 3.05) is 0 Å². The Labute approximate surface area is 83.2 Å². The quantitative estimate of drug-likeness (QED) is 0.744. The van der Waals surface area contributed by atoms with Gasteiger partial charge in [-0.05, 0) is 30.9 Å². The van der Waals surface area contributed by atoms with Gasteiger partial charge in [0.15, 0.2) is 0 Å². The number of aliphatic hydroxyl groups is 1. The molecule has 1 atom stereocenters. The first-order valence-electron chi connectivity index (χ1n) is 4.72. The molecule has 0 saturated carbocycles. The molecule has 2 aromatic rings. The summed E-state index contributed by atoms with van der Waals surface area (Å²) in [5.74, 6) is 0. The van der Waals surface area contributed by atoms with Crippen LogP contribution in [0.5, 0.6) is 0 Å². The first-order valence-corrected chi connectivity index (χ1v) is 4.72. The van der Waals surface area contributed by atoms with Crippen LogP contribution in [0.2, 0.25) is 0 Å². The van der Waals surface area contributed by atoms with E-state index in [1.165, 1.54) is 0 Å². The number of fused-ring (bicyclic) bond motifs is 1. The molecule has 14 heavy (non-hydrogen) atoms. The molecule has 1 aromatic carbocycles. The van der Waals surface area contributed by atoms with E-state index < -0.39 is 6.10 Å². The summed E-state index contributed by atoms with van der Waals surface area (Å²) in [4.78, 5) is 4.23. The highest BCUT2D eigenvalue weighted by molar-refractivity contribution is 5.85. The van der Waals surface area contributed by atoms with Crippen LogP contribution in [0.25, 0.3) is 10.8 Å². The lowest BCUT2D eigenvalue weighted by molar-refractivity contribution is 0.201. The number of aromatic nitrogens is 1. The number of nitrogens with zero attached hydrogens (tertiary/aromatic N) is 1. The van der Waals surface area contributed by atoms with E-state index in [-0.39, 0.29) is 0 Å². The van der Waals surface area contributed by atoms with Crippen molar-refractivity contribution in [3.63, 3.8) is 0 Å². The Morgan fingerprint density at radius 1 is 1.36 bits per heavy atom. The van der Waals surface area contributed by atoms with Crippen molar-refractivity contribution in [3.8, 4) is 0 Å². The number of benzene rings is 1. The smallest absolute Gasteiger partial charge is 0.0767 e. The van der Waals surface area contributed by atoms with Gasteiger partial charge in [0.1, 0.15) is 0 Å². The zero-order valence-corrected chi connectivity index (χ0v) is 8.36. The van der Waals surface area contributed by atoms with Crippen LogP contribution in [-0.2, 0) is 0 Å². The van der Waals surface area contributed by atoms with Crippen molar-refractivity contribution in [1.82, 2.24) is 4.98 Å². The summed E-state index contributed by atoms with van der Waals surface area (Å²) in [7, 11) is 0. The fourth-order valence-corrected chi connectivity index (χ4v) is 1.66. The van der Waals surface area contributed by atoms with Crippen LogP contribution in [-0.4, -0.2) is 10.1 Å². The fraction of sp³-hybridized carbons (Fsp3) is 0.250. The second-order valence-electron chi connectivity index (χ2n) is 3.57. The molecule has 72 valence electrons. The average Bonchev–Trinajstić information content (AvgIpc) is 2.16. The van der Waals surface area contributed by atoms with Crippen molar-refractivity contribution >= 4 is 10.8 Å². The van der Waals surface area contributed by atoms with Crippen LogP contribution in [0.4, 0.5) is 0 Å². The van der Waals surface area contributed by atoms with Crippen LogP contribution in [0, 0.1) is 6.92 Å². The molecule has 0 aliphatic rings. The van der Waals surface area contributed by atoms with Crippen LogP contribution in [0.15, 0.2) is 30.5 Å². The van der Waals surface area contributed by atoms with Crippen molar-refractivity contribution in [3.05, 3.63) is 41.7 Å². The maximum atomic E-state index is 9.59. The SMILES string of the molecule is Cc1cc2c(C(C)O)cccc2cn1. The fourth-order valence-electron chi connectivity index (χ4n) is 1.66. The van der Waals surface area contributed by atoms with Crippen LogP contribution < -0.4 is 0 Å². The Balaban J connectivity index is 2.77. The molecular formula is C12H13NO. The topological polar surface area (TPSA) is 33.1 Å². The normalized spacial score (nSPS) is 13.1. The van der Waals surface area contributed by atoms with Gasteiger partial charge in [-0.25, -0.2) is 0 Å². The van der Waals surface area contributed by atoms with Gasteiger partial charge in [-0.3, -0.25) is 4.98 Å². The van der Waals surface area contributed by atoms with Crippen LogP contribution in [0.1, 0.15) is 24.3 Å². The Bertz CT molecular complexity index is 463.